The maximum absolute atomic E-state index is 12.1. The Hall–Kier alpha value is -2.07. The molecule has 0 N–H and O–H groups in total. The molecule has 27 heavy (non-hydrogen) atoms. The monoisotopic (exact) mass is 384 g/mol. The van der Waals surface area contributed by atoms with E-state index in [-0.39, 0.29) is 11.0 Å². The summed E-state index contributed by atoms with van der Waals surface area (Å²) in [7, 11) is 0. The van der Waals surface area contributed by atoms with Crippen LogP contribution in [0.5, 0.6) is 0 Å². The van der Waals surface area contributed by atoms with Crippen LogP contribution in [0.25, 0.3) is 0 Å². The van der Waals surface area contributed by atoms with Gasteiger partial charge in [-0.25, -0.2) is 0 Å². The zero-order chi connectivity index (χ0) is 19.8. The largest absolute Gasteiger partial charge is 0.465 e. The number of carbonyl (C=O) groups excluding carboxylic acids is 2. The van der Waals surface area contributed by atoms with Gasteiger partial charge in [0.25, 0.3) is 0 Å². The molecule has 0 bridgehead atoms. The number of benzene rings is 2. The van der Waals surface area contributed by atoms with Gasteiger partial charge in [-0.3, -0.25) is 9.59 Å². The molecule has 0 saturated heterocycles. The summed E-state index contributed by atoms with van der Waals surface area (Å²) < 4.78 is 5.09. The molecule has 0 saturated carbocycles. The van der Waals surface area contributed by atoms with Crippen LogP contribution < -0.4 is 0 Å². The Kier molecular flexibility index (Phi) is 8.11. The van der Waals surface area contributed by atoms with E-state index in [1.165, 1.54) is 28.5 Å². The average molecular weight is 385 g/mol. The lowest BCUT2D eigenvalue weighted by Crippen LogP contribution is -2.24. The van der Waals surface area contributed by atoms with E-state index in [0.717, 1.165) is 6.42 Å². The number of aryl methyl sites for hydroxylation is 2. The van der Waals surface area contributed by atoms with Gasteiger partial charge in [-0.05, 0) is 57.7 Å². The number of thioether (sulfide) groups is 1. The Balaban J connectivity index is 2.21. The van der Waals surface area contributed by atoms with Gasteiger partial charge in [-0.15, -0.1) is 11.8 Å². The van der Waals surface area contributed by atoms with E-state index in [4.69, 9.17) is 4.74 Å². The summed E-state index contributed by atoms with van der Waals surface area (Å²) in [6.45, 7) is 7.70. The number of ether oxygens (including phenoxy) is 1. The Morgan fingerprint density at radius 1 is 1.00 bits per heavy atom. The first-order valence-corrected chi connectivity index (χ1v) is 10.3. The molecule has 0 amide bonds. The van der Waals surface area contributed by atoms with Crippen LogP contribution in [0.4, 0.5) is 0 Å². The van der Waals surface area contributed by atoms with Gasteiger partial charge in [-0.1, -0.05) is 48.0 Å². The molecule has 0 aliphatic rings. The van der Waals surface area contributed by atoms with E-state index in [1.54, 1.807) is 18.7 Å². The topological polar surface area (TPSA) is 43.4 Å². The molecule has 2 unspecified atom stereocenters. The van der Waals surface area contributed by atoms with Crippen molar-refractivity contribution in [3.05, 3.63) is 65.2 Å². The molecule has 2 aromatic carbocycles. The third-order valence-electron chi connectivity index (χ3n) is 4.59. The van der Waals surface area contributed by atoms with Gasteiger partial charge in [0.2, 0.25) is 0 Å². The van der Waals surface area contributed by atoms with Crippen LogP contribution in [0.2, 0.25) is 0 Å². The molecular formula is C23H28O3S. The molecule has 0 fully saturated rings. The van der Waals surface area contributed by atoms with Crippen molar-refractivity contribution in [2.45, 2.75) is 50.7 Å². The second-order valence-electron chi connectivity index (χ2n) is 6.78. The standard InChI is InChI=1S/C23H28O3S/c1-5-26-23(25)20(18(4)24)14-15-22(19-12-10-16(2)11-13-19)27-21-9-7-6-8-17(21)3/h6-13,20,22H,5,14-15H2,1-4H3. The van der Waals surface area contributed by atoms with Crippen molar-refractivity contribution < 1.29 is 14.3 Å². The highest BCUT2D eigenvalue weighted by atomic mass is 32.2. The van der Waals surface area contributed by atoms with E-state index in [0.29, 0.717) is 13.0 Å². The maximum Gasteiger partial charge on any atom is 0.316 e. The summed E-state index contributed by atoms with van der Waals surface area (Å²) in [5.41, 5.74) is 3.65. The highest BCUT2D eigenvalue weighted by Crippen LogP contribution is 2.40. The number of Topliss-reactive ketones (excluding diaryl/α,β-unsaturated/α-hetero) is 1. The zero-order valence-electron chi connectivity index (χ0n) is 16.5. The minimum atomic E-state index is -0.685. The van der Waals surface area contributed by atoms with Gasteiger partial charge in [0.15, 0.2) is 0 Å². The second kappa shape index (κ2) is 10.3. The SMILES string of the molecule is CCOC(=O)C(CCC(Sc1ccccc1C)c1ccc(C)cc1)C(C)=O. The molecule has 0 heterocycles. The van der Waals surface area contributed by atoms with Gasteiger partial charge in [0, 0.05) is 10.1 Å². The molecule has 0 aliphatic heterocycles. The van der Waals surface area contributed by atoms with E-state index in [2.05, 4.69) is 50.2 Å². The lowest BCUT2D eigenvalue weighted by Gasteiger charge is -2.20. The van der Waals surface area contributed by atoms with Gasteiger partial charge in [0.05, 0.1) is 6.61 Å². The molecule has 2 atom stereocenters. The van der Waals surface area contributed by atoms with Gasteiger partial charge >= 0.3 is 5.97 Å². The van der Waals surface area contributed by atoms with Crippen LogP contribution in [0.15, 0.2) is 53.4 Å². The molecule has 144 valence electrons. The Morgan fingerprint density at radius 3 is 2.26 bits per heavy atom. The first kappa shape index (κ1) is 21.2. The summed E-state index contributed by atoms with van der Waals surface area (Å²) in [6.07, 6.45) is 1.22. The van der Waals surface area contributed by atoms with Crippen molar-refractivity contribution in [1.29, 1.82) is 0 Å². The van der Waals surface area contributed by atoms with Crippen molar-refractivity contribution in [1.82, 2.24) is 0 Å². The van der Waals surface area contributed by atoms with Crippen molar-refractivity contribution in [3.8, 4) is 0 Å². The summed E-state index contributed by atoms with van der Waals surface area (Å²) in [5, 5.41) is 0.169. The molecule has 2 rings (SSSR count). The fourth-order valence-electron chi connectivity index (χ4n) is 2.96. The number of esters is 1. The summed E-state index contributed by atoms with van der Waals surface area (Å²) in [6, 6.07) is 16.8. The van der Waals surface area contributed by atoms with Crippen molar-refractivity contribution >= 4 is 23.5 Å². The van der Waals surface area contributed by atoms with E-state index >= 15 is 0 Å². The van der Waals surface area contributed by atoms with Crippen LogP contribution in [0, 0.1) is 19.8 Å². The predicted molar refractivity (Wildman–Crippen MR) is 111 cm³/mol. The second-order valence-corrected chi connectivity index (χ2v) is 8.02. The Labute approximate surface area is 166 Å². The third kappa shape index (κ3) is 6.24. The molecule has 2 aromatic rings. The van der Waals surface area contributed by atoms with Crippen LogP contribution in [0.1, 0.15) is 48.6 Å². The van der Waals surface area contributed by atoms with Crippen molar-refractivity contribution in [3.63, 3.8) is 0 Å². The molecule has 0 aromatic heterocycles. The first-order chi connectivity index (χ1) is 12.9. The van der Waals surface area contributed by atoms with Crippen molar-refractivity contribution in [2.75, 3.05) is 6.61 Å². The lowest BCUT2D eigenvalue weighted by atomic mass is 9.96. The normalized spacial score (nSPS) is 13.0. The number of hydrogen-bond donors (Lipinski definition) is 0. The molecule has 0 spiro atoms. The smallest absolute Gasteiger partial charge is 0.316 e. The zero-order valence-corrected chi connectivity index (χ0v) is 17.3. The molecule has 0 aliphatic carbocycles. The van der Waals surface area contributed by atoms with Crippen LogP contribution >= 0.6 is 11.8 Å². The van der Waals surface area contributed by atoms with Crippen LogP contribution in [-0.4, -0.2) is 18.4 Å². The van der Waals surface area contributed by atoms with Crippen molar-refractivity contribution in [2.24, 2.45) is 5.92 Å². The number of ketones is 1. The fraction of sp³-hybridized carbons (Fsp3) is 0.391. The molecular weight excluding hydrogens is 356 g/mol. The fourth-order valence-corrected chi connectivity index (χ4v) is 4.23. The average Bonchev–Trinajstić information content (AvgIpc) is 2.63. The lowest BCUT2D eigenvalue weighted by molar-refractivity contribution is -0.151. The summed E-state index contributed by atoms with van der Waals surface area (Å²) in [4.78, 5) is 25.3. The van der Waals surface area contributed by atoms with Gasteiger partial charge in [0.1, 0.15) is 11.7 Å². The first-order valence-electron chi connectivity index (χ1n) is 9.38. The van der Waals surface area contributed by atoms with E-state index in [9.17, 15) is 9.59 Å². The Bertz CT molecular complexity index is 767. The summed E-state index contributed by atoms with van der Waals surface area (Å²) >= 11 is 1.79. The quantitative estimate of drug-likeness (QED) is 0.317. The highest BCUT2D eigenvalue weighted by molar-refractivity contribution is 7.99. The number of rotatable bonds is 9. The maximum atomic E-state index is 12.1. The van der Waals surface area contributed by atoms with Crippen LogP contribution in [0.3, 0.4) is 0 Å². The van der Waals surface area contributed by atoms with E-state index in [1.807, 2.05) is 12.1 Å². The van der Waals surface area contributed by atoms with Gasteiger partial charge in [-0.2, -0.15) is 0 Å². The Morgan fingerprint density at radius 2 is 1.67 bits per heavy atom. The van der Waals surface area contributed by atoms with E-state index < -0.39 is 11.9 Å². The predicted octanol–water partition coefficient (Wildman–Crippen LogP) is 5.69. The van der Waals surface area contributed by atoms with Gasteiger partial charge < -0.3 is 4.74 Å². The highest BCUT2D eigenvalue weighted by Gasteiger charge is 2.26. The molecule has 3 nitrogen and oxygen atoms in total. The minimum absolute atomic E-state index is 0.128. The van der Waals surface area contributed by atoms with Crippen LogP contribution in [-0.2, 0) is 14.3 Å². The number of carbonyl (C=O) groups is 2. The molecule has 0 radical (unpaired) electrons. The summed E-state index contributed by atoms with van der Waals surface area (Å²) in [5.74, 6) is -1.22. The number of hydrogen-bond acceptors (Lipinski definition) is 4. The third-order valence-corrected chi connectivity index (χ3v) is 6.10. The minimum Gasteiger partial charge on any atom is -0.465 e. The molecule has 4 heteroatoms.